The summed E-state index contributed by atoms with van der Waals surface area (Å²) in [5.41, 5.74) is 0.732. The average Bonchev–Trinajstić information content (AvgIpc) is 3.58. The minimum Gasteiger partial charge on any atom is -0.494 e. The van der Waals surface area contributed by atoms with Crippen LogP contribution in [-0.4, -0.2) is 87.6 Å². The van der Waals surface area contributed by atoms with E-state index in [1.54, 1.807) is 33.7 Å². The zero-order valence-electron chi connectivity index (χ0n) is 26.8. The number of anilines is 1. The molecule has 1 spiro atoms. The molecule has 1 N–H and O–H groups in total. The van der Waals surface area contributed by atoms with Crippen LogP contribution in [0.25, 0.3) is 0 Å². The van der Waals surface area contributed by atoms with Crippen molar-refractivity contribution in [2.45, 2.75) is 87.7 Å². The molecule has 3 fully saturated rings. The van der Waals surface area contributed by atoms with E-state index in [-0.39, 0.29) is 24.3 Å². The Kier molecular flexibility index (Phi) is 11.6. The quantitative estimate of drug-likeness (QED) is 0.172. The van der Waals surface area contributed by atoms with Gasteiger partial charge in [-0.05, 0) is 76.6 Å². The number of nitrogens with zero attached hydrogens (tertiary/aromatic N) is 3. The van der Waals surface area contributed by atoms with Gasteiger partial charge in [0.15, 0.2) is 0 Å². The van der Waals surface area contributed by atoms with E-state index in [9.17, 15) is 19.5 Å². The van der Waals surface area contributed by atoms with E-state index >= 15 is 0 Å². The van der Waals surface area contributed by atoms with Crippen LogP contribution >= 0.6 is 11.8 Å². The van der Waals surface area contributed by atoms with Gasteiger partial charge in [0, 0.05) is 43.2 Å². The van der Waals surface area contributed by atoms with Crippen LogP contribution in [-0.2, 0) is 14.4 Å². The van der Waals surface area contributed by atoms with E-state index < -0.39 is 27.4 Å². The summed E-state index contributed by atoms with van der Waals surface area (Å²) in [5, 5.41) is 9.35. The van der Waals surface area contributed by atoms with E-state index in [1.165, 1.54) is 0 Å². The summed E-state index contributed by atoms with van der Waals surface area (Å²) in [7, 11) is 0. The number of unbranched alkanes of at least 4 members (excludes halogenated alkanes) is 4. The van der Waals surface area contributed by atoms with Gasteiger partial charge in [-0.15, -0.1) is 24.9 Å². The molecule has 3 aliphatic heterocycles. The highest BCUT2D eigenvalue weighted by Gasteiger charge is 2.77. The third kappa shape index (κ3) is 6.45. The lowest BCUT2D eigenvalue weighted by atomic mass is 9.66. The molecule has 0 aromatic heterocycles. The number of hydrogen-bond acceptors (Lipinski definition) is 6. The Morgan fingerprint density at radius 2 is 1.77 bits per heavy atom. The molecule has 242 valence electrons. The molecule has 3 amide bonds. The number of aliphatic hydroxyl groups is 1. The van der Waals surface area contributed by atoms with Crippen LogP contribution in [0.15, 0.2) is 49.6 Å². The summed E-state index contributed by atoms with van der Waals surface area (Å²) in [6.07, 6.45) is 10.1. The van der Waals surface area contributed by atoms with Crippen LogP contribution in [0.4, 0.5) is 5.69 Å². The molecule has 9 heteroatoms. The Morgan fingerprint density at radius 3 is 2.41 bits per heavy atom. The van der Waals surface area contributed by atoms with Gasteiger partial charge in [0.2, 0.25) is 17.7 Å². The Bertz CT molecular complexity index is 1190. The van der Waals surface area contributed by atoms with Crippen molar-refractivity contribution in [3.05, 3.63) is 49.6 Å². The number of hydrogen-bond donors (Lipinski definition) is 1. The van der Waals surface area contributed by atoms with Crippen molar-refractivity contribution >= 4 is 35.2 Å². The van der Waals surface area contributed by atoms with Crippen molar-refractivity contribution in [3.63, 3.8) is 0 Å². The fourth-order valence-electron chi connectivity index (χ4n) is 7.57. The number of aliphatic hydroxyl groups excluding tert-OH is 1. The molecule has 0 aliphatic carbocycles. The monoisotopic (exact) mass is 625 g/mol. The molecular formula is C35H51N3O5S. The molecule has 2 bridgehead atoms. The first-order valence-corrected chi connectivity index (χ1v) is 17.2. The second-order valence-electron chi connectivity index (χ2n) is 12.5. The summed E-state index contributed by atoms with van der Waals surface area (Å²) in [5.74, 6) is -0.621. The molecule has 3 heterocycles. The highest BCUT2D eigenvalue weighted by atomic mass is 32.2. The van der Waals surface area contributed by atoms with Crippen LogP contribution in [0.1, 0.15) is 72.1 Å². The molecule has 5 atom stereocenters. The maximum Gasteiger partial charge on any atom is 0.247 e. The van der Waals surface area contributed by atoms with Gasteiger partial charge in [-0.2, -0.15) is 0 Å². The second-order valence-corrected chi connectivity index (χ2v) is 14.4. The smallest absolute Gasteiger partial charge is 0.247 e. The van der Waals surface area contributed by atoms with Crippen LogP contribution in [0, 0.1) is 11.8 Å². The van der Waals surface area contributed by atoms with Crippen molar-refractivity contribution in [2.24, 2.45) is 11.8 Å². The van der Waals surface area contributed by atoms with E-state index in [1.807, 2.05) is 36.1 Å². The summed E-state index contributed by atoms with van der Waals surface area (Å²) in [6.45, 7) is 16.5. The minimum atomic E-state index is -0.664. The van der Waals surface area contributed by atoms with Gasteiger partial charge in [-0.3, -0.25) is 14.4 Å². The lowest BCUT2D eigenvalue weighted by molar-refractivity contribution is -0.143. The number of carbonyl (C=O) groups is 3. The van der Waals surface area contributed by atoms with E-state index in [4.69, 9.17) is 4.74 Å². The minimum absolute atomic E-state index is 0.0293. The van der Waals surface area contributed by atoms with Crippen LogP contribution in [0.5, 0.6) is 5.75 Å². The zero-order valence-corrected chi connectivity index (χ0v) is 27.7. The topological polar surface area (TPSA) is 90.4 Å². The van der Waals surface area contributed by atoms with Gasteiger partial charge in [0.05, 0.1) is 23.2 Å². The highest BCUT2D eigenvalue weighted by Crippen LogP contribution is 2.71. The van der Waals surface area contributed by atoms with Crippen molar-refractivity contribution in [1.82, 2.24) is 9.80 Å². The van der Waals surface area contributed by atoms with Gasteiger partial charge in [0.1, 0.15) is 11.8 Å². The summed E-state index contributed by atoms with van der Waals surface area (Å²) < 4.78 is 4.49. The van der Waals surface area contributed by atoms with E-state index in [2.05, 4.69) is 27.0 Å². The van der Waals surface area contributed by atoms with Crippen LogP contribution in [0.2, 0.25) is 0 Å². The predicted octanol–water partition coefficient (Wildman–Crippen LogP) is 5.45. The van der Waals surface area contributed by atoms with Gasteiger partial charge >= 0.3 is 0 Å². The van der Waals surface area contributed by atoms with Crippen molar-refractivity contribution in [1.29, 1.82) is 0 Å². The summed E-state index contributed by atoms with van der Waals surface area (Å²) in [6, 6.07) is 6.85. The lowest BCUT2D eigenvalue weighted by Crippen LogP contribution is -2.55. The first-order valence-electron chi connectivity index (χ1n) is 16.4. The first-order chi connectivity index (χ1) is 21.2. The molecule has 4 rings (SSSR count). The van der Waals surface area contributed by atoms with E-state index in [0.717, 1.165) is 50.0 Å². The highest BCUT2D eigenvalue weighted by molar-refractivity contribution is 8.02. The van der Waals surface area contributed by atoms with Gasteiger partial charge < -0.3 is 24.5 Å². The zero-order chi connectivity index (χ0) is 31.9. The number of fused-ring (bicyclic) bond motifs is 1. The van der Waals surface area contributed by atoms with Gasteiger partial charge in [-0.25, -0.2) is 0 Å². The number of benzene rings is 1. The third-order valence-electron chi connectivity index (χ3n) is 9.56. The van der Waals surface area contributed by atoms with Crippen molar-refractivity contribution in [2.75, 3.05) is 44.3 Å². The maximum absolute atomic E-state index is 14.6. The normalized spacial score (nSPS) is 26.9. The molecule has 0 saturated carbocycles. The Balaban J connectivity index is 1.72. The number of amides is 3. The largest absolute Gasteiger partial charge is 0.494 e. The summed E-state index contributed by atoms with van der Waals surface area (Å²) >= 11 is 1.71. The molecule has 1 aromatic rings. The SMILES string of the molecule is C=CCN(CCCCC)C(=O)C1N(CCCCCO)C(=O)[C@@H]2[C@@H](C(=O)N(CC=C)c3ccc(OCC)cc3)[C@@]3(C)CCC12S3. The second kappa shape index (κ2) is 15.0. The number of carbonyl (C=O) groups excluding carboxylic acids is 3. The molecule has 3 saturated heterocycles. The van der Waals surface area contributed by atoms with E-state index in [0.29, 0.717) is 45.6 Å². The van der Waals surface area contributed by atoms with Gasteiger partial charge in [-0.1, -0.05) is 31.9 Å². The molecule has 8 nitrogen and oxygen atoms in total. The van der Waals surface area contributed by atoms with Crippen molar-refractivity contribution < 1.29 is 24.2 Å². The molecule has 0 radical (unpaired) electrons. The number of rotatable bonds is 18. The number of ether oxygens (including phenoxy) is 1. The van der Waals surface area contributed by atoms with Crippen LogP contribution in [0.3, 0.4) is 0 Å². The number of likely N-dealkylation sites (tertiary alicyclic amines) is 1. The Labute approximate surface area is 267 Å². The van der Waals surface area contributed by atoms with Crippen molar-refractivity contribution in [3.8, 4) is 5.75 Å². The fraction of sp³-hybridized carbons (Fsp3) is 0.629. The summed E-state index contributed by atoms with van der Waals surface area (Å²) in [4.78, 5) is 49.1. The molecule has 1 aromatic carbocycles. The predicted molar refractivity (Wildman–Crippen MR) is 178 cm³/mol. The third-order valence-corrected chi connectivity index (χ3v) is 11.5. The first kappa shape index (κ1) is 34.1. The maximum atomic E-state index is 14.6. The fourth-order valence-corrected chi connectivity index (χ4v) is 9.92. The molecule has 44 heavy (non-hydrogen) atoms. The number of thioether (sulfide) groups is 1. The molecule has 2 unspecified atom stereocenters. The van der Waals surface area contributed by atoms with Crippen LogP contribution < -0.4 is 9.64 Å². The molecule has 3 aliphatic rings. The molecular weight excluding hydrogens is 574 g/mol. The standard InChI is InChI=1S/C35H51N3O5S/c1-6-10-12-23-36(21-7-2)33(42)30-35-20-19-34(5,44-35)28(29(35)32(41)38(30)24-13-11-14-25-39)31(40)37(22-8-3)26-15-17-27(18-16-26)43-9-4/h7-8,15-18,28-30,39H,2-3,6,9-14,19-25H2,1,4-5H3/t28-,29-,30?,34+,35?/m0/s1. The Hall–Kier alpha value is -2.78. The van der Waals surface area contributed by atoms with Gasteiger partial charge in [0.25, 0.3) is 0 Å². The average molecular weight is 626 g/mol. The lowest BCUT2D eigenvalue weighted by Gasteiger charge is -2.38. The Morgan fingerprint density at radius 1 is 1.05 bits per heavy atom.